The number of hydrogen-bond donors (Lipinski definition) is 0. The Bertz CT molecular complexity index is 810. The van der Waals surface area contributed by atoms with Crippen LogP contribution >= 0.6 is 0 Å². The van der Waals surface area contributed by atoms with Crippen LogP contribution in [0.4, 0.5) is 0 Å². The molecule has 3 aliphatic rings. The van der Waals surface area contributed by atoms with Gasteiger partial charge in [-0.25, -0.2) is 0 Å². The fourth-order valence-electron chi connectivity index (χ4n) is 2.24. The smallest absolute Gasteiger partial charge is 0.185 e. The average Bonchev–Trinajstić information content (AvgIpc) is 2.48. The van der Waals surface area contributed by atoms with Crippen LogP contribution in [0.1, 0.15) is 0 Å². The molecule has 1 aromatic rings. The van der Waals surface area contributed by atoms with Crippen molar-refractivity contribution >= 4 is 10.0 Å². The van der Waals surface area contributed by atoms with Gasteiger partial charge in [0.1, 0.15) is 11.5 Å². The zero-order chi connectivity index (χ0) is 13.5. The molecule has 4 nitrogen and oxygen atoms in total. The van der Waals surface area contributed by atoms with Gasteiger partial charge in [0.25, 0.3) is 0 Å². The second-order valence-electron chi connectivity index (χ2n) is 4.42. The molecular weight excluding hydrogens is 272 g/mol. The topological polar surface area (TPSA) is 48.7 Å². The van der Waals surface area contributed by atoms with Gasteiger partial charge in [0, 0.05) is 23.8 Å². The van der Waals surface area contributed by atoms with Gasteiger partial charge < -0.3 is 13.3 Å². The highest BCUT2D eigenvalue weighted by Gasteiger charge is 2.20. The highest BCUT2D eigenvalue weighted by atomic mass is 28.3. The predicted molar refractivity (Wildman–Crippen MR) is 74.0 cm³/mol. The standard InChI is InChI=1S/C15H8O4Si/c16-10-6-12-15-13(7-10)18-20-19-14(15)8-11(17-12)9-4-2-1-3-5-9/h1-8H/q-1. The second-order valence-corrected chi connectivity index (χ2v) is 5.00. The normalized spacial score (nSPS) is 12.8. The van der Waals surface area contributed by atoms with E-state index in [2.05, 4.69) is 0 Å². The highest BCUT2D eigenvalue weighted by Crippen LogP contribution is 2.43. The molecule has 97 valence electrons. The van der Waals surface area contributed by atoms with E-state index >= 15 is 0 Å². The van der Waals surface area contributed by atoms with Gasteiger partial charge in [-0.2, -0.15) is 0 Å². The van der Waals surface area contributed by atoms with Crippen molar-refractivity contribution < 1.29 is 13.3 Å². The van der Waals surface area contributed by atoms with Gasteiger partial charge in [-0.1, -0.05) is 30.3 Å². The van der Waals surface area contributed by atoms with E-state index in [9.17, 15) is 4.79 Å². The molecule has 5 heteroatoms. The van der Waals surface area contributed by atoms with Crippen LogP contribution in [0.5, 0.6) is 11.5 Å². The zero-order valence-corrected chi connectivity index (χ0v) is 11.3. The van der Waals surface area contributed by atoms with E-state index in [1.165, 1.54) is 12.1 Å². The van der Waals surface area contributed by atoms with Crippen LogP contribution in [0.3, 0.4) is 0 Å². The molecule has 2 heterocycles. The van der Waals surface area contributed by atoms with E-state index in [1.54, 1.807) is 0 Å². The van der Waals surface area contributed by atoms with Crippen LogP contribution < -0.4 is 14.3 Å². The Labute approximate surface area is 117 Å². The molecule has 1 radical (unpaired) electrons. The lowest BCUT2D eigenvalue weighted by Gasteiger charge is -2.32. The maximum Gasteiger partial charge on any atom is 0.185 e. The maximum atomic E-state index is 11.7. The summed E-state index contributed by atoms with van der Waals surface area (Å²) in [5.41, 5.74) is 1.50. The fraction of sp³-hybridized carbons (Fsp3) is 0. The van der Waals surface area contributed by atoms with Gasteiger partial charge >= 0.3 is 0 Å². The van der Waals surface area contributed by atoms with Gasteiger partial charge in [0.15, 0.2) is 5.43 Å². The molecule has 0 fully saturated rings. The Kier molecular flexibility index (Phi) is 2.40. The molecule has 0 unspecified atom stereocenters. The SMILES string of the molecule is O=c1cc2oc(-c3ccccc3)cc3c-2c(c1)O[Si-]O3. The summed E-state index contributed by atoms with van der Waals surface area (Å²) in [5, 5.41) is 0. The summed E-state index contributed by atoms with van der Waals surface area (Å²) >= 11 is 0. The van der Waals surface area contributed by atoms with Gasteiger partial charge in [0.2, 0.25) is 0 Å². The molecule has 0 bridgehead atoms. The van der Waals surface area contributed by atoms with Crippen LogP contribution in [0, 0.1) is 0 Å². The van der Waals surface area contributed by atoms with E-state index in [-0.39, 0.29) is 15.4 Å². The fourth-order valence-corrected chi connectivity index (χ4v) is 2.79. The number of rotatable bonds is 1. The van der Waals surface area contributed by atoms with E-state index in [0.717, 1.165) is 5.56 Å². The molecule has 20 heavy (non-hydrogen) atoms. The summed E-state index contributed by atoms with van der Waals surface area (Å²) in [4.78, 5) is 11.7. The first-order chi connectivity index (χ1) is 9.81. The largest absolute Gasteiger partial charge is 0.694 e. The Hall–Kier alpha value is -2.53. The summed E-state index contributed by atoms with van der Waals surface area (Å²) in [6.07, 6.45) is 0. The minimum atomic E-state index is -0.146. The summed E-state index contributed by atoms with van der Waals surface area (Å²) in [6, 6.07) is 14.4. The lowest BCUT2D eigenvalue weighted by molar-refractivity contribution is 0.430. The van der Waals surface area contributed by atoms with E-state index in [0.29, 0.717) is 28.6 Å². The summed E-state index contributed by atoms with van der Waals surface area (Å²) in [5.74, 6) is 2.35. The first kappa shape index (κ1) is 11.3. The average molecular weight is 280 g/mol. The molecule has 0 atom stereocenters. The molecule has 0 saturated heterocycles. The lowest BCUT2D eigenvalue weighted by Crippen LogP contribution is -2.19. The van der Waals surface area contributed by atoms with Crippen LogP contribution in [0.2, 0.25) is 0 Å². The van der Waals surface area contributed by atoms with Crippen molar-refractivity contribution in [1.29, 1.82) is 0 Å². The molecule has 0 amide bonds. The zero-order valence-electron chi connectivity index (χ0n) is 10.3. The van der Waals surface area contributed by atoms with Crippen molar-refractivity contribution in [2.45, 2.75) is 0 Å². The summed E-state index contributed by atoms with van der Waals surface area (Å²) < 4.78 is 16.7. The third-order valence-corrected chi connectivity index (χ3v) is 3.74. The van der Waals surface area contributed by atoms with Gasteiger partial charge in [-0.05, 0) is 0 Å². The van der Waals surface area contributed by atoms with Crippen LogP contribution in [-0.4, -0.2) is 10.0 Å². The van der Waals surface area contributed by atoms with E-state index in [4.69, 9.17) is 13.3 Å². The third-order valence-electron chi connectivity index (χ3n) is 3.13. The summed E-state index contributed by atoms with van der Waals surface area (Å²) in [6.45, 7) is 0. The Morgan fingerprint density at radius 3 is 2.40 bits per heavy atom. The monoisotopic (exact) mass is 280 g/mol. The number of benzene rings is 2. The molecule has 0 aromatic heterocycles. The molecule has 0 N–H and O–H groups in total. The molecule has 0 saturated carbocycles. The number of hydrogen-bond acceptors (Lipinski definition) is 4. The Balaban J connectivity index is 2.03. The first-order valence-electron chi connectivity index (χ1n) is 6.07. The minimum Gasteiger partial charge on any atom is -0.694 e. The van der Waals surface area contributed by atoms with E-state index < -0.39 is 0 Å². The molecular formula is C15H8O4Si-. The van der Waals surface area contributed by atoms with Gasteiger partial charge in [0.05, 0.1) is 27.1 Å². The minimum absolute atomic E-state index is 0.140. The molecule has 4 rings (SSSR count). The molecule has 1 aromatic carbocycles. The highest BCUT2D eigenvalue weighted by molar-refractivity contribution is 6.22. The molecule has 2 aliphatic heterocycles. The van der Waals surface area contributed by atoms with Crippen molar-refractivity contribution in [2.75, 3.05) is 0 Å². The van der Waals surface area contributed by atoms with Crippen LogP contribution in [0.25, 0.3) is 22.6 Å². The van der Waals surface area contributed by atoms with Crippen molar-refractivity contribution in [3.8, 4) is 34.1 Å². The van der Waals surface area contributed by atoms with Gasteiger partial charge in [-0.15, -0.1) is 0 Å². The van der Waals surface area contributed by atoms with Crippen molar-refractivity contribution in [3.63, 3.8) is 0 Å². The predicted octanol–water partition coefficient (Wildman–Crippen LogP) is 2.72. The summed E-state index contributed by atoms with van der Waals surface area (Å²) in [7, 11) is -0.146. The lowest BCUT2D eigenvalue weighted by atomic mass is 10.1. The Morgan fingerprint density at radius 1 is 0.850 bits per heavy atom. The van der Waals surface area contributed by atoms with Crippen molar-refractivity contribution in [2.24, 2.45) is 0 Å². The van der Waals surface area contributed by atoms with E-state index in [1.807, 2.05) is 36.4 Å². The quantitative estimate of drug-likeness (QED) is 0.643. The maximum absolute atomic E-state index is 11.7. The second kappa shape index (κ2) is 4.24. The molecule has 0 spiro atoms. The molecule has 1 aliphatic carbocycles. The van der Waals surface area contributed by atoms with Crippen molar-refractivity contribution in [1.82, 2.24) is 0 Å². The van der Waals surface area contributed by atoms with Crippen LogP contribution in [0.15, 0.2) is 57.7 Å². The first-order valence-corrected chi connectivity index (χ1v) is 6.89. The third kappa shape index (κ3) is 1.71. The van der Waals surface area contributed by atoms with Gasteiger partial charge in [-0.3, -0.25) is 4.79 Å². The van der Waals surface area contributed by atoms with Crippen molar-refractivity contribution in [3.05, 3.63) is 58.8 Å². The Morgan fingerprint density at radius 2 is 1.60 bits per heavy atom. The van der Waals surface area contributed by atoms with Crippen LogP contribution in [-0.2, 0) is 0 Å².